The average molecular weight is 300 g/mol. The molecule has 1 aromatic heterocycles. The largest absolute Gasteiger partial charge is 0.370 e. The lowest BCUT2D eigenvalue weighted by Gasteiger charge is -2.07. The third-order valence-electron chi connectivity index (χ3n) is 2.38. The molecule has 0 radical (unpaired) electrons. The highest BCUT2D eigenvalue weighted by Gasteiger charge is 2.06. The number of nitrogens with one attached hydrogen (secondary N) is 3. The number of anilines is 1. The summed E-state index contributed by atoms with van der Waals surface area (Å²) in [6, 6.07) is 3.30. The van der Waals surface area contributed by atoms with Crippen LogP contribution in [-0.4, -0.2) is 45.2 Å². The van der Waals surface area contributed by atoms with Gasteiger partial charge in [-0.15, -0.1) is 0 Å². The molecule has 7 nitrogen and oxygen atoms in total. The van der Waals surface area contributed by atoms with Gasteiger partial charge >= 0.3 is 0 Å². The number of rotatable bonds is 8. The number of amides is 1. The van der Waals surface area contributed by atoms with E-state index in [0.717, 1.165) is 12.8 Å². The van der Waals surface area contributed by atoms with E-state index in [2.05, 4.69) is 20.3 Å². The monoisotopic (exact) mass is 300 g/mol. The summed E-state index contributed by atoms with van der Waals surface area (Å²) in [5.41, 5.74) is 0.520. The minimum absolute atomic E-state index is 0.203. The van der Waals surface area contributed by atoms with E-state index in [1.807, 2.05) is 6.92 Å². The first-order chi connectivity index (χ1) is 9.42. The van der Waals surface area contributed by atoms with Crippen molar-refractivity contribution in [2.24, 2.45) is 0 Å². The molecule has 0 saturated heterocycles. The third-order valence-corrected chi connectivity index (χ3v) is 3.11. The maximum atomic E-state index is 11.9. The van der Waals surface area contributed by atoms with Gasteiger partial charge in [0.25, 0.3) is 5.91 Å². The van der Waals surface area contributed by atoms with E-state index < -0.39 is 10.0 Å². The summed E-state index contributed by atoms with van der Waals surface area (Å²) in [6.07, 6.45) is 3.20. The average Bonchev–Trinajstić information content (AvgIpc) is 2.37. The molecular formula is C12H20N4O3S. The molecule has 1 heterocycles. The highest BCUT2D eigenvalue weighted by atomic mass is 32.2. The number of aromatic nitrogens is 1. The minimum atomic E-state index is -3.17. The maximum absolute atomic E-state index is 11.9. The van der Waals surface area contributed by atoms with Crippen molar-refractivity contribution in [1.29, 1.82) is 0 Å². The SMILES string of the molecule is CCNc1cc(C(=O)NCCCNS(C)(=O)=O)ccn1. The number of sulfonamides is 1. The van der Waals surface area contributed by atoms with Crippen LogP contribution in [0.1, 0.15) is 23.7 Å². The molecule has 112 valence electrons. The Morgan fingerprint density at radius 3 is 2.75 bits per heavy atom. The van der Waals surface area contributed by atoms with Crippen LogP contribution >= 0.6 is 0 Å². The Hall–Kier alpha value is -1.67. The molecule has 0 aliphatic rings. The normalized spacial score (nSPS) is 11.1. The molecule has 0 aromatic carbocycles. The smallest absolute Gasteiger partial charge is 0.251 e. The van der Waals surface area contributed by atoms with E-state index in [9.17, 15) is 13.2 Å². The van der Waals surface area contributed by atoms with Crippen LogP contribution in [0.15, 0.2) is 18.3 Å². The molecule has 0 fully saturated rings. The van der Waals surface area contributed by atoms with Gasteiger partial charge in [-0.25, -0.2) is 18.1 Å². The van der Waals surface area contributed by atoms with Gasteiger partial charge in [0.2, 0.25) is 10.0 Å². The zero-order valence-corrected chi connectivity index (χ0v) is 12.5. The highest BCUT2D eigenvalue weighted by molar-refractivity contribution is 7.88. The van der Waals surface area contributed by atoms with Crippen LogP contribution in [0, 0.1) is 0 Å². The molecule has 0 aliphatic carbocycles. The molecule has 20 heavy (non-hydrogen) atoms. The van der Waals surface area contributed by atoms with Gasteiger partial charge in [0.15, 0.2) is 0 Å². The van der Waals surface area contributed by atoms with Crippen LogP contribution in [-0.2, 0) is 10.0 Å². The molecule has 1 aromatic rings. The Balaban J connectivity index is 2.37. The summed E-state index contributed by atoms with van der Waals surface area (Å²) in [5.74, 6) is 0.449. The molecule has 1 amide bonds. The van der Waals surface area contributed by atoms with Crippen LogP contribution in [0.4, 0.5) is 5.82 Å². The molecule has 0 bridgehead atoms. The fraction of sp³-hybridized carbons (Fsp3) is 0.500. The van der Waals surface area contributed by atoms with Crippen molar-refractivity contribution in [2.45, 2.75) is 13.3 Å². The second-order valence-electron chi connectivity index (χ2n) is 4.24. The van der Waals surface area contributed by atoms with Gasteiger partial charge in [0.05, 0.1) is 6.26 Å². The van der Waals surface area contributed by atoms with E-state index in [1.165, 1.54) is 0 Å². The zero-order chi connectivity index (χ0) is 15.0. The molecule has 8 heteroatoms. The van der Waals surface area contributed by atoms with Gasteiger partial charge in [-0.1, -0.05) is 0 Å². The number of carbonyl (C=O) groups is 1. The summed E-state index contributed by atoms with van der Waals surface area (Å²) in [4.78, 5) is 15.9. The Labute approximate surface area is 119 Å². The molecule has 0 aliphatic heterocycles. The fourth-order valence-corrected chi connectivity index (χ4v) is 2.01. The van der Waals surface area contributed by atoms with Crippen LogP contribution in [0.3, 0.4) is 0 Å². The van der Waals surface area contributed by atoms with E-state index in [-0.39, 0.29) is 5.91 Å². The van der Waals surface area contributed by atoms with Crippen LogP contribution < -0.4 is 15.4 Å². The first kappa shape index (κ1) is 16.4. The van der Waals surface area contributed by atoms with Crippen LogP contribution in [0.2, 0.25) is 0 Å². The summed E-state index contributed by atoms with van der Waals surface area (Å²) in [6.45, 7) is 3.39. The van der Waals surface area contributed by atoms with Crippen molar-refractivity contribution in [2.75, 3.05) is 31.2 Å². The lowest BCUT2D eigenvalue weighted by atomic mass is 10.2. The van der Waals surface area contributed by atoms with Crippen LogP contribution in [0.25, 0.3) is 0 Å². The second-order valence-corrected chi connectivity index (χ2v) is 6.07. The first-order valence-electron chi connectivity index (χ1n) is 6.35. The fourth-order valence-electron chi connectivity index (χ4n) is 1.50. The van der Waals surface area contributed by atoms with E-state index in [1.54, 1.807) is 18.3 Å². The predicted molar refractivity (Wildman–Crippen MR) is 78.2 cm³/mol. The third kappa shape index (κ3) is 6.48. The summed E-state index contributed by atoms with van der Waals surface area (Å²) < 4.78 is 24.0. The van der Waals surface area contributed by atoms with Crippen molar-refractivity contribution in [3.8, 4) is 0 Å². The van der Waals surface area contributed by atoms with Gasteiger partial charge in [0, 0.05) is 31.4 Å². The Bertz CT molecular complexity index is 545. The lowest BCUT2D eigenvalue weighted by molar-refractivity contribution is 0.0953. The van der Waals surface area contributed by atoms with Gasteiger partial charge in [-0.2, -0.15) is 0 Å². The molecule has 1 rings (SSSR count). The summed E-state index contributed by atoms with van der Waals surface area (Å²) in [5, 5.41) is 5.75. The minimum Gasteiger partial charge on any atom is -0.370 e. The second kappa shape index (κ2) is 7.81. The van der Waals surface area contributed by atoms with Crippen molar-refractivity contribution < 1.29 is 13.2 Å². The Morgan fingerprint density at radius 1 is 1.35 bits per heavy atom. The number of nitrogens with zero attached hydrogens (tertiary/aromatic N) is 1. The van der Waals surface area contributed by atoms with Crippen molar-refractivity contribution in [3.63, 3.8) is 0 Å². The zero-order valence-electron chi connectivity index (χ0n) is 11.6. The maximum Gasteiger partial charge on any atom is 0.251 e. The molecule has 0 spiro atoms. The molecular weight excluding hydrogens is 280 g/mol. The standard InChI is InChI=1S/C12H20N4O3S/c1-3-13-11-9-10(5-8-14-11)12(17)15-6-4-7-16-20(2,18)19/h5,8-9,16H,3-4,6-7H2,1-2H3,(H,13,14)(H,15,17). The highest BCUT2D eigenvalue weighted by Crippen LogP contribution is 2.06. The summed E-state index contributed by atoms with van der Waals surface area (Å²) in [7, 11) is -3.17. The van der Waals surface area contributed by atoms with E-state index in [4.69, 9.17) is 0 Å². The number of hydrogen-bond donors (Lipinski definition) is 3. The molecule has 0 saturated carbocycles. The van der Waals surface area contributed by atoms with Gasteiger partial charge in [0.1, 0.15) is 5.82 Å². The molecule has 0 unspecified atom stereocenters. The van der Waals surface area contributed by atoms with Crippen molar-refractivity contribution >= 4 is 21.7 Å². The predicted octanol–water partition coefficient (Wildman–Crippen LogP) is 0.183. The molecule has 3 N–H and O–H groups in total. The van der Waals surface area contributed by atoms with Gasteiger partial charge in [-0.3, -0.25) is 4.79 Å². The number of hydrogen-bond acceptors (Lipinski definition) is 5. The first-order valence-corrected chi connectivity index (χ1v) is 8.24. The van der Waals surface area contributed by atoms with Crippen LogP contribution in [0.5, 0.6) is 0 Å². The van der Waals surface area contributed by atoms with E-state index in [0.29, 0.717) is 30.9 Å². The van der Waals surface area contributed by atoms with Crippen molar-refractivity contribution in [3.05, 3.63) is 23.9 Å². The lowest BCUT2D eigenvalue weighted by Crippen LogP contribution is -2.29. The van der Waals surface area contributed by atoms with Gasteiger partial charge in [-0.05, 0) is 25.5 Å². The number of pyridine rings is 1. The molecule has 0 atom stereocenters. The Kier molecular flexibility index (Phi) is 6.40. The van der Waals surface area contributed by atoms with E-state index >= 15 is 0 Å². The quantitative estimate of drug-likeness (QED) is 0.595. The topological polar surface area (TPSA) is 100 Å². The summed E-state index contributed by atoms with van der Waals surface area (Å²) >= 11 is 0. The van der Waals surface area contributed by atoms with Crippen molar-refractivity contribution in [1.82, 2.24) is 15.0 Å². The number of carbonyl (C=O) groups excluding carboxylic acids is 1. The van der Waals surface area contributed by atoms with Gasteiger partial charge < -0.3 is 10.6 Å². The Morgan fingerprint density at radius 2 is 2.10 bits per heavy atom.